The number of carbonyl (C=O) groups is 1. The van der Waals surface area contributed by atoms with E-state index >= 15 is 0 Å². The number of nitrogens with zero attached hydrogens (tertiary/aromatic N) is 4. The van der Waals surface area contributed by atoms with Gasteiger partial charge in [0.1, 0.15) is 0 Å². The molecule has 0 aliphatic carbocycles. The number of carbonyl (C=O) groups excluding carboxylic acids is 1. The van der Waals surface area contributed by atoms with Gasteiger partial charge in [-0.1, -0.05) is 39.8 Å². The molecule has 2 aromatic heterocycles. The molecule has 2 heterocycles. The van der Waals surface area contributed by atoms with Crippen LogP contribution in [0.4, 0.5) is 23.3 Å². The van der Waals surface area contributed by atoms with E-state index in [1.165, 1.54) is 12.5 Å². The molecule has 0 aliphatic heterocycles. The Bertz CT molecular complexity index is 933. The van der Waals surface area contributed by atoms with Crippen LogP contribution >= 0.6 is 0 Å². The molecule has 0 fully saturated rings. The molecule has 1 aromatic carbocycles. The van der Waals surface area contributed by atoms with Gasteiger partial charge in [0.25, 0.3) is 0 Å². The average molecular weight is 367 g/mol. The Kier molecular flexibility index (Phi) is 6.87. The van der Waals surface area contributed by atoms with E-state index in [2.05, 4.69) is 46.1 Å². The molecule has 0 saturated heterocycles. The highest BCUT2D eigenvalue weighted by atomic mass is 16.1. The second kappa shape index (κ2) is 9.33. The third kappa shape index (κ3) is 5.04. The van der Waals surface area contributed by atoms with Gasteiger partial charge in [-0.25, -0.2) is 0 Å². The van der Waals surface area contributed by atoms with Gasteiger partial charge in [0.05, 0.1) is 6.20 Å². The number of hydrogen-bond acceptors (Lipinski definition) is 6. The fourth-order valence-electron chi connectivity index (χ4n) is 2.27. The Morgan fingerprint density at radius 1 is 1.26 bits per heavy atom. The number of aryl methyl sites for hydroxylation is 1. The second-order valence-corrected chi connectivity index (χ2v) is 5.77. The Balaban J connectivity index is 0.000000817. The maximum atomic E-state index is 11.4. The summed E-state index contributed by atoms with van der Waals surface area (Å²) >= 11 is 0. The number of nitrogen functional groups attached to an aromatic ring is 1. The number of rotatable bonds is 5. The molecular formula is C19H25N7O. The summed E-state index contributed by atoms with van der Waals surface area (Å²) in [6, 6.07) is 7.21. The van der Waals surface area contributed by atoms with Gasteiger partial charge in [-0.15, -0.1) is 0 Å². The highest BCUT2D eigenvalue weighted by Gasteiger charge is 2.11. The minimum Gasteiger partial charge on any atom is -0.368 e. The van der Waals surface area contributed by atoms with Crippen molar-refractivity contribution in [1.29, 1.82) is 0 Å². The summed E-state index contributed by atoms with van der Waals surface area (Å²) in [5, 5.41) is 10.2. The molecule has 3 aromatic rings. The average Bonchev–Trinajstić information content (AvgIpc) is 3.05. The molecule has 27 heavy (non-hydrogen) atoms. The number of anilines is 4. The van der Waals surface area contributed by atoms with Crippen LogP contribution in [0.25, 0.3) is 5.65 Å². The lowest BCUT2D eigenvalue weighted by molar-refractivity contribution is -0.111. The molecule has 0 radical (unpaired) electrons. The van der Waals surface area contributed by atoms with Crippen LogP contribution in [0, 0.1) is 0 Å². The minimum absolute atomic E-state index is 0.163. The van der Waals surface area contributed by atoms with Crippen molar-refractivity contribution in [2.45, 2.75) is 33.6 Å². The summed E-state index contributed by atoms with van der Waals surface area (Å²) in [7, 11) is 0. The SMILES string of the molecule is C=CC(=O)Nc1cccc(Nc2nc(N)nc3c(CC)cnn23)c1.CCC. The maximum absolute atomic E-state index is 11.4. The zero-order chi connectivity index (χ0) is 19.8. The van der Waals surface area contributed by atoms with Crippen LogP contribution < -0.4 is 16.4 Å². The number of nitrogens with one attached hydrogen (secondary N) is 2. The van der Waals surface area contributed by atoms with E-state index in [-0.39, 0.29) is 11.9 Å². The van der Waals surface area contributed by atoms with E-state index in [1.54, 1.807) is 22.8 Å². The fraction of sp³-hybridized carbons (Fsp3) is 0.263. The number of amides is 1. The zero-order valence-corrected chi connectivity index (χ0v) is 15.9. The predicted molar refractivity (Wildman–Crippen MR) is 109 cm³/mol. The van der Waals surface area contributed by atoms with Crippen LogP contribution in [0.1, 0.15) is 32.8 Å². The second-order valence-electron chi connectivity index (χ2n) is 5.77. The predicted octanol–water partition coefficient (Wildman–Crippen LogP) is 3.55. The zero-order valence-electron chi connectivity index (χ0n) is 15.9. The number of hydrogen-bond donors (Lipinski definition) is 3. The first-order chi connectivity index (χ1) is 13.0. The first kappa shape index (κ1) is 19.9. The number of aromatic nitrogens is 4. The highest BCUT2D eigenvalue weighted by molar-refractivity contribution is 5.99. The molecule has 142 valence electrons. The first-order valence-corrected chi connectivity index (χ1v) is 8.82. The van der Waals surface area contributed by atoms with Gasteiger partial charge >= 0.3 is 0 Å². The van der Waals surface area contributed by atoms with Crippen molar-refractivity contribution >= 4 is 34.8 Å². The Hall–Kier alpha value is -3.42. The molecule has 0 atom stereocenters. The number of benzene rings is 1. The van der Waals surface area contributed by atoms with Crippen molar-refractivity contribution in [2.24, 2.45) is 0 Å². The van der Waals surface area contributed by atoms with Crippen molar-refractivity contribution in [3.05, 3.63) is 48.7 Å². The standard InChI is InChI=1S/C16H17N7O.C3H8/c1-3-10-9-18-23-14(10)21-15(17)22-16(23)20-12-7-5-6-11(8-12)19-13(24)4-2;1-3-2/h4-9H,2-3H2,1H3,(H,19,24)(H3,17,20,21,22);3H2,1-2H3. The summed E-state index contributed by atoms with van der Waals surface area (Å²) in [4.78, 5) is 19.8. The van der Waals surface area contributed by atoms with Gasteiger partial charge < -0.3 is 16.4 Å². The van der Waals surface area contributed by atoms with E-state index in [9.17, 15) is 4.79 Å². The summed E-state index contributed by atoms with van der Waals surface area (Å²) in [5.74, 6) is 0.334. The monoisotopic (exact) mass is 367 g/mol. The molecule has 3 rings (SSSR count). The van der Waals surface area contributed by atoms with Gasteiger partial charge in [0.2, 0.25) is 17.8 Å². The van der Waals surface area contributed by atoms with Crippen molar-refractivity contribution in [3.8, 4) is 0 Å². The molecule has 0 spiro atoms. The highest BCUT2D eigenvalue weighted by Crippen LogP contribution is 2.21. The van der Waals surface area contributed by atoms with Gasteiger partial charge in [-0.05, 0) is 30.7 Å². The van der Waals surface area contributed by atoms with Crippen molar-refractivity contribution in [2.75, 3.05) is 16.4 Å². The van der Waals surface area contributed by atoms with E-state index < -0.39 is 0 Å². The van der Waals surface area contributed by atoms with E-state index in [0.717, 1.165) is 17.7 Å². The van der Waals surface area contributed by atoms with Crippen LogP contribution in [0.15, 0.2) is 43.1 Å². The van der Waals surface area contributed by atoms with Gasteiger partial charge in [-0.2, -0.15) is 19.6 Å². The Morgan fingerprint density at radius 3 is 2.63 bits per heavy atom. The lowest BCUT2D eigenvalue weighted by Crippen LogP contribution is -2.09. The van der Waals surface area contributed by atoms with Crippen molar-refractivity contribution < 1.29 is 4.79 Å². The summed E-state index contributed by atoms with van der Waals surface area (Å²) < 4.78 is 1.60. The number of nitrogens with two attached hydrogens (primary N) is 1. The summed E-state index contributed by atoms with van der Waals surface area (Å²) in [6.45, 7) is 9.70. The third-order valence-electron chi connectivity index (χ3n) is 3.41. The van der Waals surface area contributed by atoms with Crippen LogP contribution in [-0.4, -0.2) is 25.5 Å². The van der Waals surface area contributed by atoms with Crippen LogP contribution in [0.5, 0.6) is 0 Å². The summed E-state index contributed by atoms with van der Waals surface area (Å²) in [6.07, 6.45) is 5.00. The normalized spacial score (nSPS) is 10.0. The molecule has 8 nitrogen and oxygen atoms in total. The lowest BCUT2D eigenvalue weighted by Gasteiger charge is -2.10. The quantitative estimate of drug-likeness (QED) is 0.595. The molecule has 8 heteroatoms. The van der Waals surface area contributed by atoms with E-state index in [0.29, 0.717) is 17.3 Å². The molecular weight excluding hydrogens is 342 g/mol. The molecule has 1 amide bonds. The smallest absolute Gasteiger partial charge is 0.247 e. The number of fused-ring (bicyclic) bond motifs is 1. The molecule has 0 saturated carbocycles. The first-order valence-electron chi connectivity index (χ1n) is 8.82. The maximum Gasteiger partial charge on any atom is 0.247 e. The Labute approximate surface area is 158 Å². The molecule has 0 bridgehead atoms. The fourth-order valence-corrected chi connectivity index (χ4v) is 2.27. The summed E-state index contributed by atoms with van der Waals surface area (Å²) in [5.41, 5.74) is 8.82. The minimum atomic E-state index is -0.277. The lowest BCUT2D eigenvalue weighted by atomic mass is 10.2. The topological polar surface area (TPSA) is 110 Å². The molecule has 0 unspecified atom stereocenters. The third-order valence-corrected chi connectivity index (χ3v) is 3.41. The molecule has 0 aliphatic rings. The van der Waals surface area contributed by atoms with E-state index in [4.69, 9.17) is 5.73 Å². The van der Waals surface area contributed by atoms with Gasteiger partial charge in [-0.3, -0.25) is 4.79 Å². The molecule has 4 N–H and O–H groups in total. The van der Waals surface area contributed by atoms with Gasteiger partial charge in [0, 0.05) is 16.9 Å². The Morgan fingerprint density at radius 2 is 1.96 bits per heavy atom. The van der Waals surface area contributed by atoms with Gasteiger partial charge in [0.15, 0.2) is 5.65 Å². The van der Waals surface area contributed by atoms with Crippen molar-refractivity contribution in [1.82, 2.24) is 19.6 Å². The largest absolute Gasteiger partial charge is 0.368 e. The van der Waals surface area contributed by atoms with Crippen molar-refractivity contribution in [3.63, 3.8) is 0 Å². The van der Waals surface area contributed by atoms with Crippen LogP contribution in [0.3, 0.4) is 0 Å². The van der Waals surface area contributed by atoms with Crippen LogP contribution in [0.2, 0.25) is 0 Å². The van der Waals surface area contributed by atoms with Crippen LogP contribution in [-0.2, 0) is 11.2 Å². The van der Waals surface area contributed by atoms with E-state index in [1.807, 2.05) is 19.1 Å².